The van der Waals surface area contributed by atoms with Gasteiger partial charge in [-0.2, -0.15) is 0 Å². The zero-order valence-electron chi connectivity index (χ0n) is 58.8. The van der Waals surface area contributed by atoms with Crippen molar-refractivity contribution in [2.45, 2.75) is 68.2 Å². The number of carbonyl (C=O) groups excluding carboxylic acids is 5. The van der Waals surface area contributed by atoms with Crippen molar-refractivity contribution in [1.29, 1.82) is 0 Å². The number of halogens is 6. The fourth-order valence-electron chi connectivity index (χ4n) is 10.9. The number of hydrogen-bond acceptors (Lipinski definition) is 17. The standard InChI is InChI=1S/C35H38F2N4O5.C29H25F2N3O5.C6H14ClN.CH2O3.ClH.2K.H/c1-6-41(7-2)16-17-45-31-20-27-25(19-30(31)44-5)28(14-15-38-27)46-29-13-12-24(18-26(29)37)40-33(43)35(21-34(35,3)4)32(42)39-23-10-8-22(36)9-11-23;1-28(2)15-29(28,26(36)33-17-6-4-16(30)5-7-17)27(37)34-18-8-9-24(20(31)12-18)39-23-10-11-32-21-14-22(35)25(38-3)13-19(21)23;1-3-8(4-2)6-5-7;2-1-4-3;;;;/h8-15,18-20H,6-7,16-17,21H2,1-5H3,(H,39,42)(H,40,43);4-14,35H,15H2,1-3H3,(H,33,36)(H,34,37);3-6H2,1-2H3;1,3H;1H;;;/q;;;;;2*+1;-1/p-1. The minimum Gasteiger partial charge on any atom is -1.00 e. The van der Waals surface area contributed by atoms with Gasteiger partial charge in [0.05, 0.1) is 25.3 Å². The molecular weight excluding hydrogens is 1400 g/mol. The summed E-state index contributed by atoms with van der Waals surface area (Å²) in [6.45, 7) is 21.9. The molecule has 5 N–H and O–H groups in total. The average Bonchev–Trinajstić information content (AvgIpc) is 1.55. The van der Waals surface area contributed by atoms with E-state index in [1.807, 2.05) is 13.8 Å². The van der Waals surface area contributed by atoms with Crippen molar-refractivity contribution in [3.05, 3.63) is 157 Å². The van der Waals surface area contributed by atoms with Gasteiger partial charge in [0, 0.05) is 89.2 Å². The Morgan fingerprint density at radius 3 is 1.25 bits per heavy atom. The van der Waals surface area contributed by atoms with Crippen molar-refractivity contribution in [2.24, 2.45) is 21.7 Å². The van der Waals surface area contributed by atoms with Gasteiger partial charge in [0.2, 0.25) is 23.6 Å². The third kappa shape index (κ3) is 21.4. The van der Waals surface area contributed by atoms with Crippen LogP contribution in [0.15, 0.2) is 134 Å². The number of nitrogens with one attached hydrogen (secondary N) is 4. The molecule has 0 radical (unpaired) electrons. The van der Waals surface area contributed by atoms with Crippen LogP contribution in [0.1, 0.15) is 69.7 Å². The molecule has 0 bridgehead atoms. The number of aromatic hydroxyl groups is 1. The second kappa shape index (κ2) is 39.4. The van der Waals surface area contributed by atoms with Gasteiger partial charge in [0.1, 0.15) is 40.6 Å². The van der Waals surface area contributed by atoms with E-state index in [2.05, 4.69) is 73.6 Å². The summed E-state index contributed by atoms with van der Waals surface area (Å²) < 4.78 is 85.4. The molecule has 2 aliphatic rings. The first-order valence-corrected chi connectivity index (χ1v) is 31.5. The van der Waals surface area contributed by atoms with Crippen LogP contribution in [-0.2, 0) is 28.9 Å². The zero-order valence-corrected chi connectivity index (χ0v) is 65.6. The van der Waals surface area contributed by atoms with Gasteiger partial charge in [-0.15, -0.1) is 24.0 Å². The van der Waals surface area contributed by atoms with Gasteiger partial charge in [0.15, 0.2) is 46.1 Å². The number of ether oxygens (including phenoxy) is 5. The molecule has 0 spiro atoms. The summed E-state index contributed by atoms with van der Waals surface area (Å²) >= 11 is 5.51. The fraction of sp³-hybridized carbons (Fsp3) is 0.338. The molecule has 2 atom stereocenters. The van der Waals surface area contributed by atoms with Crippen molar-refractivity contribution in [3.63, 3.8) is 0 Å². The van der Waals surface area contributed by atoms with E-state index in [-0.39, 0.29) is 170 Å². The van der Waals surface area contributed by atoms with Crippen molar-refractivity contribution in [2.75, 3.05) is 87.2 Å². The maximum absolute atomic E-state index is 15.4. The van der Waals surface area contributed by atoms with Crippen molar-refractivity contribution < 1.29 is 185 Å². The van der Waals surface area contributed by atoms with E-state index < -0.39 is 68.6 Å². The molecule has 2 saturated carbocycles. The molecule has 6 aromatic carbocycles. The number of phenols is 1. The number of nitrogens with zero attached hydrogens (tertiary/aromatic N) is 4. The number of alkyl halides is 1. The first kappa shape index (κ1) is 86.2. The number of likely N-dealkylation sites (N-methyl/N-ethyl adjacent to an activating group) is 1. The van der Waals surface area contributed by atoms with Crippen LogP contribution in [0.3, 0.4) is 0 Å². The number of pyridine rings is 2. The summed E-state index contributed by atoms with van der Waals surface area (Å²) in [6, 6.07) is 28.1. The summed E-state index contributed by atoms with van der Waals surface area (Å²) in [5, 5.41) is 30.3. The van der Waals surface area contributed by atoms with Gasteiger partial charge in [-0.25, -0.2) is 17.6 Å². The van der Waals surface area contributed by atoms with Crippen LogP contribution in [0.25, 0.3) is 21.8 Å². The molecule has 0 aliphatic heterocycles. The topological polar surface area (TPSA) is 264 Å². The Hall–Kier alpha value is -6.26. The Morgan fingerprint density at radius 2 is 0.910 bits per heavy atom. The number of phenolic OH excluding ortho intramolecular Hbond substituents is 1. The Labute approximate surface area is 675 Å². The van der Waals surface area contributed by atoms with E-state index in [9.17, 15) is 33.1 Å². The van der Waals surface area contributed by atoms with Gasteiger partial charge in [-0.05, 0) is 147 Å². The number of anilines is 4. The van der Waals surface area contributed by atoms with Crippen LogP contribution in [0.4, 0.5) is 40.3 Å². The minimum atomic E-state index is -1.38. The Kier molecular flexibility index (Phi) is 33.9. The third-order valence-corrected chi connectivity index (χ3v) is 17.1. The molecule has 2 aromatic heterocycles. The number of methoxy groups -OCH3 is 2. The number of benzene rings is 6. The second-order valence-electron chi connectivity index (χ2n) is 23.7. The predicted octanol–water partition coefficient (Wildman–Crippen LogP) is 7.59. The molecule has 2 fully saturated rings. The molecule has 2 heterocycles. The zero-order chi connectivity index (χ0) is 70.8. The Balaban J connectivity index is 0.000000440. The number of carbonyl (C=O) groups is 5. The number of amides is 4. The molecule has 21 nitrogen and oxygen atoms in total. The summed E-state index contributed by atoms with van der Waals surface area (Å²) in [5.74, 6) is -2.18. The van der Waals surface area contributed by atoms with Gasteiger partial charge in [0.25, 0.3) is 6.47 Å². The maximum atomic E-state index is 15.4. The Bertz CT molecular complexity index is 4100. The minimum absolute atomic E-state index is 0. The van der Waals surface area contributed by atoms with Gasteiger partial charge >= 0.3 is 103 Å². The monoisotopic (exact) mass is 1480 g/mol. The SMILES string of the molecule is CCN(CC)CCCl.CCN(CC)CCOc1cc2nccc(Oc3ccc(NC(=O)C4(C(=O)Nc5ccc(F)cc5)CC4(C)C)cc3F)c2cc1OC.COc1cc2c(Oc3ccc(NC(=O)C4(C(=O)Nc5ccc(F)cc5)CC4(C)C)cc3F)ccnc2cc1O.Cl.O=CO[O-].[H-].[K+].[K+]. The fourth-order valence-corrected chi connectivity index (χ4v) is 11.2. The molecule has 2 unspecified atom stereocenters. The van der Waals surface area contributed by atoms with Crippen molar-refractivity contribution >= 4 is 98.7 Å². The molecular formula is C71H80Cl2F4K2N8O13. The van der Waals surface area contributed by atoms with Gasteiger partial charge in [-0.1, -0.05) is 55.4 Å². The first-order valence-electron chi connectivity index (χ1n) is 31.0. The molecule has 526 valence electrons. The number of hydrogen-bond donors (Lipinski definition) is 5. The number of rotatable bonds is 25. The number of aromatic nitrogens is 2. The van der Waals surface area contributed by atoms with Crippen LogP contribution < -0.4 is 153 Å². The van der Waals surface area contributed by atoms with E-state index in [0.717, 1.165) is 57.3 Å². The van der Waals surface area contributed by atoms with E-state index in [4.69, 9.17) is 45.3 Å². The molecule has 0 saturated heterocycles. The molecule has 10 rings (SSSR count). The Morgan fingerprint density at radius 1 is 0.550 bits per heavy atom. The molecule has 29 heteroatoms. The van der Waals surface area contributed by atoms with Crippen molar-refractivity contribution in [3.8, 4) is 46.0 Å². The summed E-state index contributed by atoms with van der Waals surface area (Å²) in [7, 11) is 2.95. The van der Waals surface area contributed by atoms with Crippen LogP contribution in [0.2, 0.25) is 0 Å². The third-order valence-electron chi connectivity index (χ3n) is 16.9. The van der Waals surface area contributed by atoms with E-state index in [1.165, 1.54) is 98.2 Å². The molecule has 100 heavy (non-hydrogen) atoms. The quantitative estimate of drug-likeness (QED) is 0.00702. The van der Waals surface area contributed by atoms with E-state index >= 15 is 8.78 Å². The van der Waals surface area contributed by atoms with E-state index in [1.54, 1.807) is 51.4 Å². The molecule has 2 aliphatic carbocycles. The second-order valence-corrected chi connectivity index (χ2v) is 24.1. The van der Waals surface area contributed by atoms with Crippen LogP contribution in [0, 0.1) is 44.9 Å². The average molecular weight is 1480 g/mol. The smallest absolute Gasteiger partial charge is 1.00 e. The van der Waals surface area contributed by atoms with Crippen LogP contribution in [0.5, 0.6) is 46.0 Å². The maximum Gasteiger partial charge on any atom is 1.00 e. The first-order chi connectivity index (χ1) is 46.3. The molecule has 8 aromatic rings. The van der Waals surface area contributed by atoms with Crippen LogP contribution >= 0.6 is 24.0 Å². The summed E-state index contributed by atoms with van der Waals surface area (Å²) in [4.78, 5) is 77.5. The van der Waals surface area contributed by atoms with Crippen molar-refractivity contribution in [1.82, 2.24) is 19.8 Å². The molecule has 4 amide bonds. The summed E-state index contributed by atoms with van der Waals surface area (Å²) in [6.07, 6.45) is 3.61. The van der Waals surface area contributed by atoms with Gasteiger partial charge < -0.3 is 71.4 Å². The normalized spacial score (nSPS) is 15.5. The predicted molar refractivity (Wildman–Crippen MR) is 367 cm³/mol. The number of fused-ring (bicyclic) bond motifs is 2. The largest absolute Gasteiger partial charge is 1.00 e. The summed E-state index contributed by atoms with van der Waals surface area (Å²) in [5.41, 5.74) is -1.99. The van der Waals surface area contributed by atoms with Gasteiger partial charge in [-0.3, -0.25) is 33.9 Å². The van der Waals surface area contributed by atoms with Crippen LogP contribution in [-0.4, -0.2) is 121 Å². The van der Waals surface area contributed by atoms with E-state index in [0.29, 0.717) is 63.5 Å².